The molecule has 0 aliphatic rings. The van der Waals surface area contributed by atoms with E-state index in [0.29, 0.717) is 25.1 Å². The third-order valence-corrected chi connectivity index (χ3v) is 5.35. The molecule has 1 aromatic heterocycles. The molecule has 2 aromatic carbocycles. The van der Waals surface area contributed by atoms with Crippen LogP contribution in [0.1, 0.15) is 28.8 Å². The van der Waals surface area contributed by atoms with Crippen molar-refractivity contribution in [3.05, 3.63) is 59.9 Å². The molecule has 0 saturated heterocycles. The summed E-state index contributed by atoms with van der Waals surface area (Å²) in [5.74, 6) is -0.771. The summed E-state index contributed by atoms with van der Waals surface area (Å²) in [7, 11) is 3.89. The molecule has 0 saturated carbocycles. The van der Waals surface area contributed by atoms with Gasteiger partial charge in [-0.3, -0.25) is 9.79 Å². The van der Waals surface area contributed by atoms with Crippen LogP contribution in [0.25, 0.3) is 10.8 Å². The molecule has 10 nitrogen and oxygen atoms in total. The number of aromatic nitrogens is 2. The molecule has 1 heterocycles. The van der Waals surface area contributed by atoms with Gasteiger partial charge in [-0.25, -0.2) is 9.78 Å². The third-order valence-electron chi connectivity index (χ3n) is 5.35. The minimum Gasteiger partial charge on any atom is -0.480 e. The minimum absolute atomic E-state index is 0.0500. The molecule has 1 atom stereocenters. The number of carbonyl (C=O) groups is 2. The molecule has 3 rings (SSSR count). The number of amides is 1. The lowest BCUT2D eigenvalue weighted by molar-refractivity contribution is -0.139. The molecular formula is C23H29N7O3. The normalized spacial score (nSPS) is 11.7. The van der Waals surface area contributed by atoms with Crippen LogP contribution < -0.4 is 21.7 Å². The zero-order valence-corrected chi connectivity index (χ0v) is 18.7. The predicted octanol–water partition coefficient (Wildman–Crippen LogP) is 1.45. The molecule has 1 amide bonds. The standard InChI is InChI=1S/C23H29N7O3/c1-29-13-12-27-23(29)30(2)14-15-9-10-18(17-7-4-3-6-16(15)17)20(31)28-19(21(32)33)8-5-11-26-22(24)25/h3-4,6-7,9-10,12-13,19H,5,8,11,14H2,1-2H3,(H,28,31)(H,32,33)(H4,24,25,26)/t19-/m0/s1. The average Bonchev–Trinajstić information content (AvgIpc) is 3.21. The van der Waals surface area contributed by atoms with E-state index in [0.717, 1.165) is 22.3 Å². The quantitative estimate of drug-likeness (QED) is 0.207. The molecular weight excluding hydrogens is 422 g/mol. The summed E-state index contributed by atoms with van der Waals surface area (Å²) in [6.45, 7) is 0.888. The summed E-state index contributed by atoms with van der Waals surface area (Å²) >= 11 is 0. The fourth-order valence-corrected chi connectivity index (χ4v) is 3.75. The van der Waals surface area contributed by atoms with Crippen molar-refractivity contribution in [1.82, 2.24) is 14.9 Å². The number of aryl methyl sites for hydroxylation is 1. The van der Waals surface area contributed by atoms with Gasteiger partial charge >= 0.3 is 5.97 Å². The smallest absolute Gasteiger partial charge is 0.326 e. The summed E-state index contributed by atoms with van der Waals surface area (Å²) < 4.78 is 1.93. The Labute approximate surface area is 191 Å². The number of carboxylic acids is 1. The van der Waals surface area contributed by atoms with Gasteiger partial charge in [0.25, 0.3) is 5.91 Å². The van der Waals surface area contributed by atoms with E-state index in [1.165, 1.54) is 0 Å². The zero-order chi connectivity index (χ0) is 24.0. The number of hydrogen-bond acceptors (Lipinski definition) is 5. The van der Waals surface area contributed by atoms with E-state index in [1.54, 1.807) is 12.3 Å². The van der Waals surface area contributed by atoms with Crippen molar-refractivity contribution in [2.75, 3.05) is 18.5 Å². The van der Waals surface area contributed by atoms with Crippen LogP contribution in [0.15, 0.2) is 53.8 Å². The van der Waals surface area contributed by atoms with Crippen LogP contribution in [0.3, 0.4) is 0 Å². The van der Waals surface area contributed by atoms with Gasteiger partial charge in [0, 0.05) is 45.1 Å². The molecule has 0 bridgehead atoms. The lowest BCUT2D eigenvalue weighted by Gasteiger charge is -2.20. The van der Waals surface area contributed by atoms with Crippen molar-refractivity contribution < 1.29 is 14.7 Å². The molecule has 3 aromatic rings. The number of hydrogen-bond donors (Lipinski definition) is 4. The van der Waals surface area contributed by atoms with E-state index in [9.17, 15) is 14.7 Å². The van der Waals surface area contributed by atoms with Crippen molar-refractivity contribution in [3.8, 4) is 0 Å². The molecule has 0 aliphatic carbocycles. The highest BCUT2D eigenvalue weighted by Crippen LogP contribution is 2.25. The van der Waals surface area contributed by atoms with Gasteiger partial charge in [-0.2, -0.15) is 0 Å². The summed E-state index contributed by atoms with van der Waals surface area (Å²) in [6, 6.07) is 10.2. The lowest BCUT2D eigenvalue weighted by atomic mass is 9.98. The number of rotatable bonds is 10. The largest absolute Gasteiger partial charge is 0.480 e. The minimum atomic E-state index is -1.11. The maximum absolute atomic E-state index is 13.0. The Hall–Kier alpha value is -4.08. The fourth-order valence-electron chi connectivity index (χ4n) is 3.75. The van der Waals surface area contributed by atoms with Crippen molar-refractivity contribution in [2.45, 2.75) is 25.4 Å². The molecule has 0 fully saturated rings. The van der Waals surface area contributed by atoms with E-state index >= 15 is 0 Å². The Bertz CT molecular complexity index is 1170. The molecule has 0 radical (unpaired) electrons. The molecule has 33 heavy (non-hydrogen) atoms. The van der Waals surface area contributed by atoms with Gasteiger partial charge < -0.3 is 31.4 Å². The SMILES string of the molecule is CN(Cc1ccc(C(=O)N[C@@H](CCCN=C(N)N)C(=O)O)c2ccccc12)c1nccn1C. The van der Waals surface area contributed by atoms with E-state index in [-0.39, 0.29) is 12.4 Å². The Morgan fingerprint density at radius 1 is 1.21 bits per heavy atom. The van der Waals surface area contributed by atoms with E-state index in [1.807, 2.05) is 60.1 Å². The average molecular weight is 452 g/mol. The summed E-state index contributed by atoms with van der Waals surface area (Å²) in [4.78, 5) is 34.9. The van der Waals surface area contributed by atoms with Crippen LogP contribution in [-0.2, 0) is 18.4 Å². The number of imidazole rings is 1. The van der Waals surface area contributed by atoms with Crippen molar-refractivity contribution in [2.24, 2.45) is 23.5 Å². The fraction of sp³-hybridized carbons (Fsp3) is 0.304. The van der Waals surface area contributed by atoms with Crippen molar-refractivity contribution in [3.63, 3.8) is 0 Å². The number of nitrogens with zero attached hydrogens (tertiary/aromatic N) is 4. The highest BCUT2D eigenvalue weighted by molar-refractivity contribution is 6.08. The molecule has 0 aliphatic heterocycles. The van der Waals surface area contributed by atoms with Gasteiger partial charge in [0.05, 0.1) is 0 Å². The number of guanidine groups is 1. The Morgan fingerprint density at radius 3 is 2.58 bits per heavy atom. The highest BCUT2D eigenvalue weighted by Gasteiger charge is 2.22. The van der Waals surface area contributed by atoms with Crippen LogP contribution in [0.2, 0.25) is 0 Å². The first-order valence-corrected chi connectivity index (χ1v) is 10.6. The maximum Gasteiger partial charge on any atom is 0.326 e. The monoisotopic (exact) mass is 451 g/mol. The molecule has 0 unspecified atom stereocenters. The van der Waals surface area contributed by atoms with E-state index < -0.39 is 17.9 Å². The van der Waals surface area contributed by atoms with Crippen LogP contribution >= 0.6 is 0 Å². The molecule has 6 N–H and O–H groups in total. The Balaban J connectivity index is 1.81. The molecule has 0 spiro atoms. The number of carbonyl (C=O) groups excluding carboxylic acids is 1. The summed E-state index contributed by atoms with van der Waals surface area (Å²) in [6.07, 6.45) is 4.26. The number of aliphatic carboxylic acids is 1. The van der Waals surface area contributed by atoms with Gasteiger partial charge in [-0.05, 0) is 35.2 Å². The highest BCUT2D eigenvalue weighted by atomic mass is 16.4. The second-order valence-electron chi connectivity index (χ2n) is 7.83. The number of anilines is 1. The van der Waals surface area contributed by atoms with E-state index in [4.69, 9.17) is 11.5 Å². The number of fused-ring (bicyclic) bond motifs is 1. The molecule has 10 heteroatoms. The Kier molecular flexibility index (Phi) is 7.50. The van der Waals surface area contributed by atoms with Crippen LogP contribution in [0.4, 0.5) is 5.95 Å². The second kappa shape index (κ2) is 10.5. The number of nitrogens with one attached hydrogen (secondary N) is 1. The van der Waals surface area contributed by atoms with Gasteiger partial charge in [0.15, 0.2) is 5.96 Å². The second-order valence-corrected chi connectivity index (χ2v) is 7.83. The predicted molar refractivity (Wildman–Crippen MR) is 128 cm³/mol. The Morgan fingerprint density at radius 2 is 1.94 bits per heavy atom. The van der Waals surface area contributed by atoms with Crippen molar-refractivity contribution >= 4 is 34.6 Å². The summed E-state index contributed by atoms with van der Waals surface area (Å²) in [5.41, 5.74) is 12.0. The van der Waals surface area contributed by atoms with Crippen LogP contribution in [-0.4, -0.2) is 52.1 Å². The number of aliphatic imine (C=N–C) groups is 1. The van der Waals surface area contributed by atoms with Gasteiger partial charge in [-0.1, -0.05) is 30.3 Å². The zero-order valence-electron chi connectivity index (χ0n) is 18.7. The topological polar surface area (TPSA) is 152 Å². The van der Waals surface area contributed by atoms with Crippen molar-refractivity contribution in [1.29, 1.82) is 0 Å². The van der Waals surface area contributed by atoms with Gasteiger partial charge in [0.2, 0.25) is 5.95 Å². The molecule has 174 valence electrons. The first-order chi connectivity index (χ1) is 15.8. The summed E-state index contributed by atoms with van der Waals surface area (Å²) in [5, 5.41) is 13.8. The number of benzene rings is 2. The van der Waals surface area contributed by atoms with Crippen LogP contribution in [0, 0.1) is 0 Å². The van der Waals surface area contributed by atoms with Gasteiger partial charge in [-0.15, -0.1) is 0 Å². The third kappa shape index (κ3) is 5.79. The number of carboxylic acid groups (broad SMARTS) is 1. The number of nitrogens with two attached hydrogens (primary N) is 2. The van der Waals surface area contributed by atoms with Gasteiger partial charge in [0.1, 0.15) is 6.04 Å². The van der Waals surface area contributed by atoms with Crippen LogP contribution in [0.5, 0.6) is 0 Å². The first kappa shape index (κ1) is 23.6. The first-order valence-electron chi connectivity index (χ1n) is 10.6. The lowest BCUT2D eigenvalue weighted by Crippen LogP contribution is -2.41. The maximum atomic E-state index is 13.0. The van der Waals surface area contributed by atoms with E-state index in [2.05, 4.69) is 15.3 Å².